The molecular weight excluding hydrogens is 332 g/mol. The fourth-order valence-corrected chi connectivity index (χ4v) is 4.90. The molecule has 0 spiro atoms. The highest BCUT2D eigenvalue weighted by atomic mass is 32.2. The first-order chi connectivity index (χ1) is 12.2. The molecule has 1 aromatic carbocycles. The predicted octanol–water partition coefficient (Wildman–Crippen LogP) is 2.72. The van der Waals surface area contributed by atoms with Crippen molar-refractivity contribution in [2.24, 2.45) is 11.8 Å². The molecule has 1 aliphatic carbocycles. The van der Waals surface area contributed by atoms with Crippen molar-refractivity contribution in [2.45, 2.75) is 36.6 Å². The van der Waals surface area contributed by atoms with Gasteiger partial charge in [-0.05, 0) is 61.8 Å². The van der Waals surface area contributed by atoms with Gasteiger partial charge >= 0.3 is 0 Å². The van der Waals surface area contributed by atoms with Crippen LogP contribution in [0, 0.1) is 11.8 Å². The van der Waals surface area contributed by atoms with Crippen molar-refractivity contribution >= 4 is 17.7 Å². The lowest BCUT2D eigenvalue weighted by Crippen LogP contribution is -2.45. The van der Waals surface area contributed by atoms with Crippen LogP contribution in [0.2, 0.25) is 0 Å². The van der Waals surface area contributed by atoms with Gasteiger partial charge in [-0.2, -0.15) is 0 Å². The van der Waals surface area contributed by atoms with Crippen molar-refractivity contribution in [1.29, 1.82) is 0 Å². The maximum absolute atomic E-state index is 13.0. The van der Waals surface area contributed by atoms with Gasteiger partial charge in [-0.3, -0.25) is 9.69 Å². The van der Waals surface area contributed by atoms with Crippen LogP contribution in [0.4, 0.5) is 0 Å². The van der Waals surface area contributed by atoms with Crippen molar-refractivity contribution in [1.82, 2.24) is 9.80 Å². The van der Waals surface area contributed by atoms with Crippen LogP contribution in [0.3, 0.4) is 0 Å². The van der Waals surface area contributed by atoms with Gasteiger partial charge in [-0.25, -0.2) is 0 Å². The Morgan fingerprint density at radius 2 is 1.88 bits per heavy atom. The van der Waals surface area contributed by atoms with E-state index in [-0.39, 0.29) is 12.5 Å². The molecule has 5 rings (SSSR count). The minimum Gasteiger partial charge on any atom is -0.396 e. The standard InChI is InChI=1S/C20H28N2O2S/c23-9-10-25-19-7-4-17(5-8-19)20(24)22-13-16-3-6-18(14-22)21(12-16)11-15-1-2-15/h4-5,7-8,15-16,18,23H,1-3,6,9-14H2/t16-,18-/m0/s1. The first-order valence-corrected chi connectivity index (χ1v) is 10.6. The summed E-state index contributed by atoms with van der Waals surface area (Å²) < 4.78 is 0. The van der Waals surface area contributed by atoms with E-state index in [1.54, 1.807) is 11.8 Å². The summed E-state index contributed by atoms with van der Waals surface area (Å²) in [6.07, 6.45) is 5.32. The van der Waals surface area contributed by atoms with E-state index in [9.17, 15) is 4.79 Å². The molecule has 1 aromatic rings. The van der Waals surface area contributed by atoms with Gasteiger partial charge in [0.25, 0.3) is 5.91 Å². The Kier molecular flexibility index (Phi) is 5.34. The number of aliphatic hydroxyl groups excluding tert-OH is 1. The Labute approximate surface area is 154 Å². The summed E-state index contributed by atoms with van der Waals surface area (Å²) in [6.45, 7) is 4.42. The highest BCUT2D eigenvalue weighted by molar-refractivity contribution is 7.99. The van der Waals surface area contributed by atoms with E-state index in [2.05, 4.69) is 9.80 Å². The number of rotatable bonds is 6. The van der Waals surface area contributed by atoms with Gasteiger partial charge in [-0.15, -0.1) is 11.8 Å². The highest BCUT2D eigenvalue weighted by Gasteiger charge is 2.38. The van der Waals surface area contributed by atoms with Crippen molar-refractivity contribution in [2.75, 3.05) is 38.5 Å². The lowest BCUT2D eigenvalue weighted by molar-refractivity contribution is 0.0736. The Bertz CT molecular complexity index is 602. The molecule has 3 heterocycles. The summed E-state index contributed by atoms with van der Waals surface area (Å²) in [6, 6.07) is 8.44. The van der Waals surface area contributed by atoms with Crippen molar-refractivity contribution in [3.05, 3.63) is 29.8 Å². The number of thioether (sulfide) groups is 1. The van der Waals surface area contributed by atoms with Crippen LogP contribution in [-0.4, -0.2) is 65.4 Å². The Morgan fingerprint density at radius 3 is 2.60 bits per heavy atom. The number of nitrogens with zero attached hydrogens (tertiary/aromatic N) is 2. The maximum atomic E-state index is 13.0. The summed E-state index contributed by atoms with van der Waals surface area (Å²) in [5, 5.41) is 8.92. The van der Waals surface area contributed by atoms with Crippen LogP contribution >= 0.6 is 11.8 Å². The third-order valence-electron chi connectivity index (χ3n) is 5.77. The van der Waals surface area contributed by atoms with Gasteiger partial charge in [0.1, 0.15) is 0 Å². The second kappa shape index (κ2) is 7.68. The van der Waals surface area contributed by atoms with Crippen LogP contribution in [0.25, 0.3) is 0 Å². The SMILES string of the molecule is O=C(c1ccc(SCCO)cc1)N1C[C@H]2CC[C@@H](C1)N(CC1CC1)C2. The van der Waals surface area contributed by atoms with E-state index in [4.69, 9.17) is 5.11 Å². The van der Waals surface area contributed by atoms with Gasteiger partial charge < -0.3 is 10.0 Å². The summed E-state index contributed by atoms with van der Waals surface area (Å²) in [5.41, 5.74) is 0.795. The lowest BCUT2D eigenvalue weighted by Gasteiger charge is -2.36. The topological polar surface area (TPSA) is 43.8 Å². The molecule has 3 saturated heterocycles. The average molecular weight is 361 g/mol. The minimum absolute atomic E-state index is 0.180. The molecule has 5 heteroatoms. The van der Waals surface area contributed by atoms with Crippen molar-refractivity contribution < 1.29 is 9.90 Å². The van der Waals surface area contributed by atoms with Crippen LogP contribution in [0.15, 0.2) is 29.2 Å². The van der Waals surface area contributed by atoms with Gasteiger partial charge in [0.15, 0.2) is 0 Å². The van der Waals surface area contributed by atoms with E-state index in [0.717, 1.165) is 29.5 Å². The zero-order chi connectivity index (χ0) is 17.2. The molecule has 0 aromatic heterocycles. The number of piperidine rings is 1. The van der Waals surface area contributed by atoms with Crippen molar-refractivity contribution in [3.63, 3.8) is 0 Å². The number of amides is 1. The maximum Gasteiger partial charge on any atom is 0.253 e. The smallest absolute Gasteiger partial charge is 0.253 e. The second-order valence-electron chi connectivity index (χ2n) is 7.80. The summed E-state index contributed by atoms with van der Waals surface area (Å²) in [4.78, 5) is 18.9. The molecule has 4 aliphatic rings. The first-order valence-electron chi connectivity index (χ1n) is 9.60. The molecule has 1 saturated carbocycles. The van der Waals surface area contributed by atoms with E-state index in [0.29, 0.717) is 17.7 Å². The fraction of sp³-hybridized carbons (Fsp3) is 0.650. The number of aliphatic hydroxyl groups is 1. The van der Waals surface area contributed by atoms with Crippen LogP contribution in [0.5, 0.6) is 0 Å². The van der Waals surface area contributed by atoms with Crippen LogP contribution in [0.1, 0.15) is 36.0 Å². The van der Waals surface area contributed by atoms with Crippen LogP contribution < -0.4 is 0 Å². The summed E-state index contributed by atoms with van der Waals surface area (Å²) in [7, 11) is 0. The normalized spacial score (nSPS) is 26.7. The molecule has 1 amide bonds. The largest absolute Gasteiger partial charge is 0.396 e. The zero-order valence-corrected chi connectivity index (χ0v) is 15.6. The van der Waals surface area contributed by atoms with E-state index < -0.39 is 0 Å². The Morgan fingerprint density at radius 1 is 1.08 bits per heavy atom. The average Bonchev–Trinajstić information content (AvgIpc) is 3.47. The molecule has 4 fully saturated rings. The number of carbonyl (C=O) groups excluding carboxylic acids is 1. The molecule has 2 bridgehead atoms. The number of hydrogen-bond donors (Lipinski definition) is 1. The Balaban J connectivity index is 1.41. The molecule has 0 unspecified atom stereocenters. The lowest BCUT2D eigenvalue weighted by atomic mass is 9.95. The van der Waals surface area contributed by atoms with Gasteiger partial charge in [0.05, 0.1) is 6.61 Å². The number of carbonyl (C=O) groups is 1. The molecule has 3 aliphatic heterocycles. The molecule has 25 heavy (non-hydrogen) atoms. The Hall–Kier alpha value is -1.04. The van der Waals surface area contributed by atoms with Crippen LogP contribution in [-0.2, 0) is 0 Å². The molecule has 0 radical (unpaired) electrons. The highest BCUT2D eigenvalue weighted by Crippen LogP contribution is 2.35. The number of benzene rings is 1. The monoisotopic (exact) mass is 360 g/mol. The molecule has 4 nitrogen and oxygen atoms in total. The third kappa shape index (κ3) is 4.21. The predicted molar refractivity (Wildman–Crippen MR) is 101 cm³/mol. The van der Waals surface area contributed by atoms with Gasteiger partial charge in [-0.1, -0.05) is 0 Å². The molecule has 1 N–H and O–H groups in total. The zero-order valence-electron chi connectivity index (χ0n) is 14.8. The number of fused-ring (bicyclic) bond motifs is 4. The number of hydrogen-bond acceptors (Lipinski definition) is 4. The molecule has 2 atom stereocenters. The molecule has 136 valence electrons. The minimum atomic E-state index is 0.180. The van der Waals surface area contributed by atoms with E-state index >= 15 is 0 Å². The third-order valence-corrected chi connectivity index (χ3v) is 6.76. The van der Waals surface area contributed by atoms with E-state index in [1.807, 2.05) is 24.3 Å². The first kappa shape index (κ1) is 17.4. The van der Waals surface area contributed by atoms with Crippen molar-refractivity contribution in [3.8, 4) is 0 Å². The van der Waals surface area contributed by atoms with E-state index in [1.165, 1.54) is 38.8 Å². The van der Waals surface area contributed by atoms with Gasteiger partial charge in [0, 0.05) is 48.4 Å². The quantitative estimate of drug-likeness (QED) is 0.792. The second-order valence-corrected chi connectivity index (χ2v) is 8.97. The molecular formula is C20H28N2O2S. The summed E-state index contributed by atoms with van der Waals surface area (Å²) >= 11 is 1.62. The van der Waals surface area contributed by atoms with Gasteiger partial charge in [0.2, 0.25) is 0 Å². The fourth-order valence-electron chi connectivity index (χ4n) is 4.24. The summed E-state index contributed by atoms with van der Waals surface area (Å²) in [5.74, 6) is 2.44.